The summed E-state index contributed by atoms with van der Waals surface area (Å²) in [5.74, 6) is -0.440. The van der Waals surface area contributed by atoms with Crippen molar-refractivity contribution in [2.24, 2.45) is 5.73 Å². The zero-order valence-corrected chi connectivity index (χ0v) is 14.6. The molecule has 1 aromatic carbocycles. The van der Waals surface area contributed by atoms with E-state index in [0.717, 1.165) is 5.56 Å². The number of primary amides is 1. The molecule has 0 heterocycles. The van der Waals surface area contributed by atoms with E-state index in [4.69, 9.17) is 10.5 Å². The van der Waals surface area contributed by atoms with E-state index in [1.54, 1.807) is 0 Å². The van der Waals surface area contributed by atoms with Gasteiger partial charge in [0.25, 0.3) is 5.91 Å². The monoisotopic (exact) mass is 353 g/mol. The molecule has 0 saturated carbocycles. The van der Waals surface area contributed by atoms with Gasteiger partial charge in [0.15, 0.2) is 6.61 Å². The lowest BCUT2D eigenvalue weighted by Crippen LogP contribution is -2.45. The Bertz CT molecular complexity index is 554. The maximum Gasteiger partial charge on any atom is 0.329 e. The van der Waals surface area contributed by atoms with Gasteiger partial charge in [-0.3, -0.25) is 4.79 Å². The van der Waals surface area contributed by atoms with Crippen molar-refractivity contribution in [2.45, 2.75) is 25.4 Å². The van der Waals surface area contributed by atoms with Crippen molar-refractivity contribution in [3.05, 3.63) is 35.9 Å². The van der Waals surface area contributed by atoms with Crippen LogP contribution in [0.15, 0.2) is 30.3 Å². The van der Waals surface area contributed by atoms with Gasteiger partial charge >= 0.3 is 12.0 Å². The molecule has 0 fully saturated rings. The summed E-state index contributed by atoms with van der Waals surface area (Å²) in [6, 6.07) is 7.58. The average molecular weight is 353 g/mol. The van der Waals surface area contributed by atoms with Gasteiger partial charge in [-0.05, 0) is 30.9 Å². The van der Waals surface area contributed by atoms with Crippen molar-refractivity contribution in [1.29, 1.82) is 0 Å². The number of carbonyl (C=O) groups is 3. The topological polar surface area (TPSA) is 111 Å². The van der Waals surface area contributed by atoms with E-state index < -0.39 is 30.6 Å². The third kappa shape index (κ3) is 7.36. The molecule has 0 aliphatic carbocycles. The van der Waals surface area contributed by atoms with E-state index in [9.17, 15) is 14.4 Å². The van der Waals surface area contributed by atoms with Crippen LogP contribution in [0.1, 0.15) is 24.9 Å². The number of hydrogen-bond acceptors (Lipinski definition) is 5. The second kappa shape index (κ2) is 10.5. The number of urea groups is 1. The molecule has 1 rings (SSSR count). The molecule has 0 spiro atoms. The Morgan fingerprint density at radius 1 is 1.21 bits per heavy atom. The third-order valence-corrected chi connectivity index (χ3v) is 3.88. The molecule has 2 atom stereocenters. The third-order valence-electron chi connectivity index (χ3n) is 3.23. The first-order valence-corrected chi connectivity index (χ1v) is 8.89. The van der Waals surface area contributed by atoms with Gasteiger partial charge in [0.1, 0.15) is 6.04 Å². The van der Waals surface area contributed by atoms with Crippen LogP contribution in [0.2, 0.25) is 0 Å². The highest BCUT2D eigenvalue weighted by Crippen LogP contribution is 2.10. The minimum Gasteiger partial charge on any atom is -0.454 e. The number of ether oxygens (including phenoxy) is 1. The summed E-state index contributed by atoms with van der Waals surface area (Å²) in [5.41, 5.74) is 5.99. The van der Waals surface area contributed by atoms with Crippen LogP contribution in [0, 0.1) is 0 Å². The summed E-state index contributed by atoms with van der Waals surface area (Å²) >= 11 is 1.53. The van der Waals surface area contributed by atoms with Crippen LogP contribution in [0.4, 0.5) is 4.79 Å². The smallest absolute Gasteiger partial charge is 0.329 e. The highest BCUT2D eigenvalue weighted by molar-refractivity contribution is 7.98. The van der Waals surface area contributed by atoms with Crippen molar-refractivity contribution in [2.75, 3.05) is 18.6 Å². The Balaban J connectivity index is 2.45. The van der Waals surface area contributed by atoms with Crippen LogP contribution in [-0.4, -0.2) is 42.6 Å². The maximum atomic E-state index is 12.0. The molecule has 24 heavy (non-hydrogen) atoms. The molecule has 0 aromatic heterocycles. The second-order valence-electron chi connectivity index (χ2n) is 5.15. The van der Waals surface area contributed by atoms with Gasteiger partial charge in [0, 0.05) is 0 Å². The number of esters is 1. The lowest BCUT2D eigenvalue weighted by Gasteiger charge is -2.17. The lowest BCUT2D eigenvalue weighted by atomic mass is 10.1. The fourth-order valence-corrected chi connectivity index (χ4v) is 2.47. The molecule has 7 nitrogen and oxygen atoms in total. The van der Waals surface area contributed by atoms with E-state index in [2.05, 4.69) is 10.6 Å². The minimum absolute atomic E-state index is 0.201. The van der Waals surface area contributed by atoms with Gasteiger partial charge in [0.2, 0.25) is 0 Å². The van der Waals surface area contributed by atoms with Crippen molar-refractivity contribution in [3.63, 3.8) is 0 Å². The van der Waals surface area contributed by atoms with Crippen molar-refractivity contribution in [1.82, 2.24) is 10.6 Å². The Morgan fingerprint density at radius 2 is 1.88 bits per heavy atom. The van der Waals surface area contributed by atoms with Gasteiger partial charge in [-0.15, -0.1) is 0 Å². The first-order valence-electron chi connectivity index (χ1n) is 7.50. The SMILES string of the molecule is CSCC[C@H](NC(N)=O)C(=O)OCC(=O)N[C@@H](C)c1ccccc1. The summed E-state index contributed by atoms with van der Waals surface area (Å²) in [6.45, 7) is 1.43. The molecule has 0 unspecified atom stereocenters. The van der Waals surface area contributed by atoms with Crippen molar-refractivity contribution in [3.8, 4) is 0 Å². The number of rotatable bonds is 9. The highest BCUT2D eigenvalue weighted by Gasteiger charge is 2.22. The first kappa shape index (κ1) is 19.8. The summed E-state index contributed by atoms with van der Waals surface area (Å²) in [5, 5.41) is 5.07. The van der Waals surface area contributed by atoms with Gasteiger partial charge in [-0.1, -0.05) is 30.3 Å². The van der Waals surface area contributed by atoms with Crippen LogP contribution >= 0.6 is 11.8 Å². The van der Waals surface area contributed by atoms with Gasteiger partial charge in [0.05, 0.1) is 6.04 Å². The van der Waals surface area contributed by atoms with Gasteiger partial charge < -0.3 is 21.1 Å². The number of carbonyl (C=O) groups excluding carboxylic acids is 3. The summed E-state index contributed by atoms with van der Waals surface area (Å²) in [4.78, 5) is 34.8. The van der Waals surface area contributed by atoms with Crippen LogP contribution in [-0.2, 0) is 14.3 Å². The quantitative estimate of drug-likeness (QED) is 0.578. The Morgan fingerprint density at radius 3 is 2.46 bits per heavy atom. The Kier molecular flexibility index (Phi) is 8.70. The number of benzene rings is 1. The second-order valence-corrected chi connectivity index (χ2v) is 6.14. The Labute approximate surface area is 145 Å². The molecule has 3 amide bonds. The van der Waals surface area contributed by atoms with Crippen LogP contribution < -0.4 is 16.4 Å². The fourth-order valence-electron chi connectivity index (χ4n) is 2.00. The van der Waals surface area contributed by atoms with E-state index in [1.165, 1.54) is 11.8 Å². The number of amides is 3. The zero-order valence-electron chi connectivity index (χ0n) is 13.8. The molecule has 0 aliphatic heterocycles. The summed E-state index contributed by atoms with van der Waals surface area (Å²) in [6.07, 6.45) is 2.26. The number of nitrogens with two attached hydrogens (primary N) is 1. The molecule has 1 aromatic rings. The lowest BCUT2D eigenvalue weighted by molar-refractivity contribution is -0.150. The van der Waals surface area contributed by atoms with Gasteiger partial charge in [-0.2, -0.15) is 11.8 Å². The highest BCUT2D eigenvalue weighted by atomic mass is 32.2. The number of thioether (sulfide) groups is 1. The fraction of sp³-hybridized carbons (Fsp3) is 0.438. The maximum absolute atomic E-state index is 12.0. The molecule has 4 N–H and O–H groups in total. The van der Waals surface area contributed by atoms with Crippen LogP contribution in [0.3, 0.4) is 0 Å². The molecule has 0 aliphatic rings. The molecule has 8 heteroatoms. The van der Waals surface area contributed by atoms with Crippen molar-refractivity contribution >= 4 is 29.7 Å². The molecule has 0 saturated heterocycles. The minimum atomic E-state index is -0.853. The van der Waals surface area contributed by atoms with E-state index >= 15 is 0 Å². The normalized spacial score (nSPS) is 12.8. The van der Waals surface area contributed by atoms with Crippen LogP contribution in [0.25, 0.3) is 0 Å². The predicted molar refractivity (Wildman–Crippen MR) is 93.5 cm³/mol. The first-order chi connectivity index (χ1) is 11.4. The molecule has 132 valence electrons. The van der Waals surface area contributed by atoms with E-state index in [0.29, 0.717) is 12.2 Å². The standard InChI is InChI=1S/C16H23N3O4S/c1-11(12-6-4-3-5-7-12)18-14(20)10-23-15(21)13(8-9-24-2)19-16(17)22/h3-7,11,13H,8-10H2,1-2H3,(H,18,20)(H3,17,19,22)/t11-,13-/m0/s1. The van der Waals surface area contributed by atoms with Crippen LogP contribution in [0.5, 0.6) is 0 Å². The molecular formula is C16H23N3O4S. The number of nitrogens with one attached hydrogen (secondary N) is 2. The zero-order chi connectivity index (χ0) is 17.9. The summed E-state index contributed by atoms with van der Waals surface area (Å²) < 4.78 is 4.97. The number of hydrogen-bond donors (Lipinski definition) is 3. The van der Waals surface area contributed by atoms with E-state index in [1.807, 2.05) is 43.5 Å². The van der Waals surface area contributed by atoms with Crippen molar-refractivity contribution < 1.29 is 19.1 Å². The van der Waals surface area contributed by atoms with E-state index in [-0.39, 0.29) is 6.04 Å². The molecule has 0 bridgehead atoms. The summed E-state index contributed by atoms with van der Waals surface area (Å²) in [7, 11) is 0. The largest absolute Gasteiger partial charge is 0.454 e. The molecule has 0 radical (unpaired) electrons. The average Bonchev–Trinajstić information content (AvgIpc) is 2.56. The Hall–Kier alpha value is -2.22. The van der Waals surface area contributed by atoms with Gasteiger partial charge in [-0.25, -0.2) is 9.59 Å². The predicted octanol–water partition coefficient (Wildman–Crippen LogP) is 1.20. The molecular weight excluding hydrogens is 330 g/mol.